The van der Waals surface area contributed by atoms with Crippen LogP contribution in [0.1, 0.15) is 40.5 Å². The number of primary amides is 1. The molecule has 1 fully saturated rings. The highest BCUT2D eigenvalue weighted by Gasteiger charge is 2.38. The molecule has 1 aliphatic rings. The van der Waals surface area contributed by atoms with Crippen LogP contribution in [0, 0.1) is 11.3 Å². The second-order valence-electron chi connectivity index (χ2n) is 5.82. The van der Waals surface area contributed by atoms with Crippen LogP contribution < -0.4 is 11.1 Å². The summed E-state index contributed by atoms with van der Waals surface area (Å²) in [5.41, 5.74) is 5.05. The summed E-state index contributed by atoms with van der Waals surface area (Å²) in [4.78, 5) is 11.0. The zero-order chi connectivity index (χ0) is 12.3. The van der Waals surface area contributed by atoms with Crippen LogP contribution in [0.2, 0.25) is 0 Å². The van der Waals surface area contributed by atoms with E-state index in [1.54, 1.807) is 0 Å². The maximum absolute atomic E-state index is 11.0. The molecule has 3 unspecified atom stereocenters. The van der Waals surface area contributed by atoms with Crippen molar-refractivity contribution in [3.8, 4) is 0 Å². The van der Waals surface area contributed by atoms with E-state index in [1.165, 1.54) is 12.8 Å². The third kappa shape index (κ3) is 3.37. The lowest BCUT2D eigenvalue weighted by Crippen LogP contribution is -2.54. The monoisotopic (exact) mass is 228 g/mol. The van der Waals surface area contributed by atoms with Gasteiger partial charge in [0.25, 0.3) is 0 Å². The van der Waals surface area contributed by atoms with Gasteiger partial charge in [0.05, 0.1) is 0 Å². The average molecular weight is 228 g/mol. The first-order chi connectivity index (χ1) is 7.32. The molecule has 0 aliphatic carbocycles. The summed E-state index contributed by atoms with van der Waals surface area (Å²) in [7, 11) is 0. The van der Waals surface area contributed by atoms with Crippen molar-refractivity contribution in [2.45, 2.75) is 52.7 Å². The normalized spacial score (nSPS) is 28.5. The van der Waals surface area contributed by atoms with E-state index in [0.29, 0.717) is 5.92 Å². The predicted molar refractivity (Wildman–Crippen MR) is 64.1 cm³/mol. The highest BCUT2D eigenvalue weighted by molar-refractivity contribution is 5.65. The fourth-order valence-corrected chi connectivity index (χ4v) is 2.39. The molecule has 0 aromatic rings. The lowest BCUT2D eigenvalue weighted by molar-refractivity contribution is -0.00931. The summed E-state index contributed by atoms with van der Waals surface area (Å²) in [5.74, 6) is 0.511. The topological polar surface area (TPSA) is 64.3 Å². The van der Waals surface area contributed by atoms with Crippen molar-refractivity contribution in [1.29, 1.82) is 0 Å². The van der Waals surface area contributed by atoms with Gasteiger partial charge in [-0.3, -0.25) is 0 Å². The molecule has 0 radical (unpaired) electrons. The molecule has 3 atom stereocenters. The van der Waals surface area contributed by atoms with Gasteiger partial charge in [-0.1, -0.05) is 27.7 Å². The summed E-state index contributed by atoms with van der Waals surface area (Å²) in [6, 6.07) is 0.209. The first-order valence-electron chi connectivity index (χ1n) is 6.02. The second kappa shape index (κ2) is 5.04. The summed E-state index contributed by atoms with van der Waals surface area (Å²) < 4.78 is 5.30. The molecular weight excluding hydrogens is 204 g/mol. The molecule has 1 heterocycles. The summed E-state index contributed by atoms with van der Waals surface area (Å²) >= 11 is 0. The van der Waals surface area contributed by atoms with Gasteiger partial charge in [0.15, 0.2) is 0 Å². The minimum Gasteiger partial charge on any atom is -0.444 e. The van der Waals surface area contributed by atoms with E-state index in [2.05, 4.69) is 33.0 Å². The number of hydrogen-bond acceptors (Lipinski definition) is 3. The molecule has 16 heavy (non-hydrogen) atoms. The summed E-state index contributed by atoms with van der Waals surface area (Å²) in [6.45, 7) is 9.40. The van der Waals surface area contributed by atoms with E-state index < -0.39 is 6.09 Å². The molecule has 4 nitrogen and oxygen atoms in total. The number of amides is 1. The maximum Gasteiger partial charge on any atom is 0.404 e. The summed E-state index contributed by atoms with van der Waals surface area (Å²) in [5, 5.41) is 3.45. The quantitative estimate of drug-likeness (QED) is 0.758. The Morgan fingerprint density at radius 1 is 1.50 bits per heavy atom. The van der Waals surface area contributed by atoms with Crippen molar-refractivity contribution >= 4 is 6.09 Å². The smallest absolute Gasteiger partial charge is 0.404 e. The number of nitrogens with one attached hydrogen (secondary N) is 1. The Morgan fingerprint density at radius 3 is 2.56 bits per heavy atom. The molecule has 3 N–H and O–H groups in total. The fourth-order valence-electron chi connectivity index (χ4n) is 2.39. The molecule has 4 heteroatoms. The molecule has 94 valence electrons. The molecule has 0 saturated carbocycles. The molecule has 1 aliphatic heterocycles. The van der Waals surface area contributed by atoms with Crippen LogP contribution in [0.4, 0.5) is 4.79 Å². The van der Waals surface area contributed by atoms with Crippen LogP contribution in [0.5, 0.6) is 0 Å². The van der Waals surface area contributed by atoms with E-state index >= 15 is 0 Å². The third-order valence-electron chi connectivity index (χ3n) is 3.25. The Kier molecular flexibility index (Phi) is 4.19. The zero-order valence-corrected chi connectivity index (χ0v) is 10.7. The Hall–Kier alpha value is -0.770. The molecule has 0 aromatic heterocycles. The molecule has 0 aromatic carbocycles. The number of nitrogens with two attached hydrogens (primary N) is 1. The number of carbonyl (C=O) groups excluding carboxylic acids is 1. The van der Waals surface area contributed by atoms with Crippen molar-refractivity contribution < 1.29 is 9.53 Å². The van der Waals surface area contributed by atoms with Crippen molar-refractivity contribution in [2.75, 3.05) is 6.54 Å². The van der Waals surface area contributed by atoms with Gasteiger partial charge in [-0.25, -0.2) is 4.79 Å². The number of ether oxygens (including phenoxy) is 1. The Morgan fingerprint density at radius 2 is 2.12 bits per heavy atom. The van der Waals surface area contributed by atoms with E-state index in [-0.39, 0.29) is 17.6 Å². The first-order valence-corrected chi connectivity index (χ1v) is 6.02. The Balaban J connectivity index is 2.78. The Bertz CT molecular complexity index is 248. The minimum absolute atomic E-state index is 0.0989. The summed E-state index contributed by atoms with van der Waals surface area (Å²) in [6.07, 6.45) is 1.51. The van der Waals surface area contributed by atoms with Crippen molar-refractivity contribution in [3.63, 3.8) is 0 Å². The average Bonchev–Trinajstić information content (AvgIpc) is 2.13. The van der Waals surface area contributed by atoms with Crippen molar-refractivity contribution in [1.82, 2.24) is 5.32 Å². The number of carbonyl (C=O) groups is 1. The van der Waals surface area contributed by atoms with E-state index in [9.17, 15) is 4.79 Å². The van der Waals surface area contributed by atoms with E-state index in [1.807, 2.05) is 0 Å². The lowest BCUT2D eigenvalue weighted by atomic mass is 9.77. The van der Waals surface area contributed by atoms with Crippen LogP contribution in [-0.4, -0.2) is 24.8 Å². The Labute approximate surface area is 97.9 Å². The molecule has 0 bridgehead atoms. The molecule has 1 saturated heterocycles. The van der Waals surface area contributed by atoms with Crippen LogP contribution >= 0.6 is 0 Å². The van der Waals surface area contributed by atoms with Gasteiger partial charge in [-0.15, -0.1) is 0 Å². The van der Waals surface area contributed by atoms with Crippen LogP contribution in [0.25, 0.3) is 0 Å². The van der Waals surface area contributed by atoms with Gasteiger partial charge >= 0.3 is 6.09 Å². The maximum atomic E-state index is 11.0. The van der Waals surface area contributed by atoms with Gasteiger partial charge in [0, 0.05) is 11.5 Å². The van der Waals surface area contributed by atoms with Crippen molar-refractivity contribution in [3.05, 3.63) is 0 Å². The highest BCUT2D eigenvalue weighted by atomic mass is 16.6. The van der Waals surface area contributed by atoms with Crippen molar-refractivity contribution in [2.24, 2.45) is 17.1 Å². The zero-order valence-electron chi connectivity index (χ0n) is 10.7. The first kappa shape index (κ1) is 13.3. The predicted octanol–water partition coefficient (Wildman–Crippen LogP) is 1.88. The fraction of sp³-hybridized carbons (Fsp3) is 0.917. The van der Waals surface area contributed by atoms with Crippen LogP contribution in [0.15, 0.2) is 0 Å². The number of rotatable bonds is 2. The van der Waals surface area contributed by atoms with Crippen LogP contribution in [-0.2, 0) is 4.74 Å². The molecule has 0 spiro atoms. The van der Waals surface area contributed by atoms with Gasteiger partial charge in [0.2, 0.25) is 0 Å². The lowest BCUT2D eigenvalue weighted by Gasteiger charge is -2.41. The van der Waals surface area contributed by atoms with E-state index in [0.717, 1.165) is 6.54 Å². The standard InChI is InChI=1S/C12H24N2O2/c1-8-6-5-7-14-9(8)10(12(2,3)4)16-11(13)15/h8-10,14H,5-7H2,1-4H3,(H2,13,15). The minimum atomic E-state index is -0.681. The van der Waals surface area contributed by atoms with Gasteiger partial charge in [-0.2, -0.15) is 0 Å². The SMILES string of the molecule is CC1CCCNC1C(OC(N)=O)C(C)(C)C. The number of hydrogen-bond donors (Lipinski definition) is 2. The largest absolute Gasteiger partial charge is 0.444 e. The highest BCUT2D eigenvalue weighted by Crippen LogP contribution is 2.31. The van der Waals surface area contributed by atoms with Gasteiger partial charge in [-0.05, 0) is 25.3 Å². The third-order valence-corrected chi connectivity index (χ3v) is 3.25. The van der Waals surface area contributed by atoms with Gasteiger partial charge in [0.1, 0.15) is 6.10 Å². The second-order valence-corrected chi connectivity index (χ2v) is 5.82. The molecular formula is C12H24N2O2. The number of piperidine rings is 1. The van der Waals surface area contributed by atoms with E-state index in [4.69, 9.17) is 10.5 Å². The van der Waals surface area contributed by atoms with Crippen LogP contribution in [0.3, 0.4) is 0 Å². The molecule has 1 amide bonds. The van der Waals surface area contributed by atoms with Gasteiger partial charge < -0.3 is 15.8 Å². The molecule has 1 rings (SSSR count).